The molecule has 1 aliphatic heterocycles. The number of likely N-dealkylation sites (tertiary alicyclic amines) is 1. The Hall–Kier alpha value is -2.53. The summed E-state index contributed by atoms with van der Waals surface area (Å²) in [6.45, 7) is 3.38. The third-order valence-corrected chi connectivity index (χ3v) is 3.53. The molecule has 12 heteroatoms. The zero-order valence-corrected chi connectivity index (χ0v) is 15.9. The molecule has 4 amide bonds. The zero-order valence-electron chi connectivity index (χ0n) is 15.9. The first-order valence-electron chi connectivity index (χ1n) is 8.56. The van der Waals surface area contributed by atoms with Gasteiger partial charge in [-0.2, -0.15) is 13.2 Å². The highest BCUT2D eigenvalue weighted by molar-refractivity contribution is 5.95. The number of carbonyl (C=O) groups is 4. The predicted molar refractivity (Wildman–Crippen MR) is 89.1 cm³/mol. The molecule has 0 saturated carbocycles. The smallest absolute Gasteiger partial charge is 0.410 e. The van der Waals surface area contributed by atoms with Gasteiger partial charge in [-0.05, 0) is 33.6 Å². The number of carbonyl (C=O) groups excluding carboxylic acids is 4. The van der Waals surface area contributed by atoms with Crippen LogP contribution < -0.4 is 10.6 Å². The van der Waals surface area contributed by atoms with Crippen molar-refractivity contribution in [2.75, 3.05) is 26.2 Å². The van der Waals surface area contributed by atoms with Gasteiger partial charge in [0.05, 0.1) is 5.92 Å². The van der Waals surface area contributed by atoms with Crippen LogP contribution in [0.3, 0.4) is 0 Å². The summed E-state index contributed by atoms with van der Waals surface area (Å²) in [4.78, 5) is 47.9. The maximum atomic E-state index is 12.0. The summed E-state index contributed by atoms with van der Waals surface area (Å²) >= 11 is 0. The maximum absolute atomic E-state index is 12.0. The average Bonchev–Trinajstić information content (AvgIpc) is 2.56. The third-order valence-electron chi connectivity index (χ3n) is 3.53. The van der Waals surface area contributed by atoms with Crippen LogP contribution in [0.1, 0.15) is 33.6 Å². The third kappa shape index (κ3) is 9.42. The van der Waals surface area contributed by atoms with Gasteiger partial charge in [-0.3, -0.25) is 14.9 Å². The molecule has 0 aliphatic carbocycles. The summed E-state index contributed by atoms with van der Waals surface area (Å²) < 4.78 is 45.8. The number of alkyl halides is 3. The van der Waals surface area contributed by atoms with Crippen molar-refractivity contribution in [3.8, 4) is 0 Å². The second kappa shape index (κ2) is 9.60. The van der Waals surface area contributed by atoms with Crippen LogP contribution >= 0.6 is 0 Å². The van der Waals surface area contributed by atoms with Gasteiger partial charge in [0.15, 0.2) is 6.61 Å². The van der Waals surface area contributed by atoms with Crippen molar-refractivity contribution in [3.05, 3.63) is 0 Å². The molecule has 160 valence electrons. The lowest BCUT2D eigenvalue weighted by molar-refractivity contribution is -0.153. The van der Waals surface area contributed by atoms with Gasteiger partial charge in [-0.25, -0.2) is 9.59 Å². The number of hydrogen-bond donors (Lipinski definition) is 2. The summed E-state index contributed by atoms with van der Waals surface area (Å²) in [7, 11) is 0. The fraction of sp³-hybridized carbons (Fsp3) is 0.750. The lowest BCUT2D eigenvalue weighted by atomic mass is 9.97. The van der Waals surface area contributed by atoms with Crippen LogP contribution in [0.15, 0.2) is 0 Å². The highest BCUT2D eigenvalue weighted by Gasteiger charge is 2.31. The molecule has 1 heterocycles. The monoisotopic (exact) mass is 411 g/mol. The predicted octanol–water partition coefficient (Wildman–Crippen LogP) is 1.56. The van der Waals surface area contributed by atoms with Crippen LogP contribution in [-0.4, -0.2) is 66.9 Å². The molecule has 1 aliphatic rings. The lowest BCUT2D eigenvalue weighted by Gasteiger charge is -2.32. The normalized spacial score (nSPS) is 15.6. The molecule has 0 bridgehead atoms. The highest BCUT2D eigenvalue weighted by Crippen LogP contribution is 2.20. The molecule has 1 saturated heterocycles. The molecule has 2 N–H and O–H groups in total. The van der Waals surface area contributed by atoms with Gasteiger partial charge in [0.25, 0.3) is 5.91 Å². The number of urea groups is 1. The topological polar surface area (TPSA) is 114 Å². The summed E-state index contributed by atoms with van der Waals surface area (Å²) in [6, 6.07) is -1.34. The van der Waals surface area contributed by atoms with Crippen molar-refractivity contribution in [1.29, 1.82) is 0 Å². The van der Waals surface area contributed by atoms with E-state index >= 15 is 0 Å². The van der Waals surface area contributed by atoms with E-state index in [1.54, 1.807) is 26.1 Å². The minimum absolute atomic E-state index is 0.278. The van der Waals surface area contributed by atoms with Gasteiger partial charge in [0.1, 0.15) is 12.1 Å². The van der Waals surface area contributed by atoms with E-state index in [1.165, 1.54) is 10.2 Å². The molecule has 0 unspecified atom stereocenters. The maximum Gasteiger partial charge on any atom is 0.410 e. The van der Waals surface area contributed by atoms with Gasteiger partial charge in [-0.15, -0.1) is 0 Å². The summed E-state index contributed by atoms with van der Waals surface area (Å²) in [5.74, 6) is -2.28. The van der Waals surface area contributed by atoms with Gasteiger partial charge in [0.2, 0.25) is 0 Å². The molecule has 0 aromatic heterocycles. The fourth-order valence-electron chi connectivity index (χ4n) is 2.27. The van der Waals surface area contributed by atoms with Crippen molar-refractivity contribution < 1.29 is 41.8 Å². The fourth-order valence-corrected chi connectivity index (χ4v) is 2.27. The summed E-state index contributed by atoms with van der Waals surface area (Å²) in [5, 5.41) is 3.07. The summed E-state index contributed by atoms with van der Waals surface area (Å²) in [6.07, 6.45) is -4.47. The van der Waals surface area contributed by atoms with Gasteiger partial charge < -0.3 is 19.7 Å². The number of hydrogen-bond acceptors (Lipinski definition) is 6. The van der Waals surface area contributed by atoms with Gasteiger partial charge >= 0.3 is 24.3 Å². The van der Waals surface area contributed by atoms with E-state index in [9.17, 15) is 32.3 Å². The Balaban J connectivity index is 2.30. The van der Waals surface area contributed by atoms with Crippen LogP contribution in [0.4, 0.5) is 22.8 Å². The molecule has 0 radical (unpaired) electrons. The molecule has 0 aromatic carbocycles. The Labute approximate surface area is 159 Å². The SMILES string of the molecule is CC(C)(C)OC(=O)N1CCC(C(=O)OCC(=O)NC(=O)NCC(F)(F)F)CC1. The van der Waals surface area contributed by atoms with E-state index < -0.39 is 54.8 Å². The van der Waals surface area contributed by atoms with Gasteiger partial charge in [-0.1, -0.05) is 0 Å². The molecule has 0 atom stereocenters. The first-order chi connectivity index (χ1) is 12.8. The lowest BCUT2D eigenvalue weighted by Crippen LogP contribution is -2.45. The molecule has 0 aromatic rings. The number of nitrogens with zero attached hydrogens (tertiary/aromatic N) is 1. The number of halogens is 3. The van der Waals surface area contributed by atoms with Crippen molar-refractivity contribution in [1.82, 2.24) is 15.5 Å². The quantitative estimate of drug-likeness (QED) is 0.679. The largest absolute Gasteiger partial charge is 0.455 e. The first-order valence-corrected chi connectivity index (χ1v) is 8.56. The van der Waals surface area contributed by atoms with Crippen LogP contribution in [0.5, 0.6) is 0 Å². The van der Waals surface area contributed by atoms with Crippen LogP contribution in [0.25, 0.3) is 0 Å². The molecular weight excluding hydrogens is 387 g/mol. The number of nitrogens with one attached hydrogen (secondary N) is 2. The Kier molecular flexibility index (Phi) is 8.06. The molecule has 1 rings (SSSR count). The Bertz CT molecular complexity index is 595. The number of piperidine rings is 1. The second-order valence-electron chi connectivity index (χ2n) is 7.20. The van der Waals surface area contributed by atoms with E-state index in [1.807, 2.05) is 0 Å². The van der Waals surface area contributed by atoms with E-state index in [4.69, 9.17) is 9.47 Å². The minimum atomic E-state index is -4.61. The molecule has 28 heavy (non-hydrogen) atoms. The van der Waals surface area contributed by atoms with Crippen molar-refractivity contribution >= 4 is 24.0 Å². The number of imide groups is 1. The molecular formula is C16H24F3N3O6. The Morgan fingerprint density at radius 1 is 1.07 bits per heavy atom. The van der Waals surface area contributed by atoms with Crippen molar-refractivity contribution in [2.24, 2.45) is 5.92 Å². The summed E-state index contributed by atoms with van der Waals surface area (Å²) in [5.41, 5.74) is -0.632. The number of esters is 1. The minimum Gasteiger partial charge on any atom is -0.455 e. The van der Waals surface area contributed by atoms with E-state index in [-0.39, 0.29) is 13.1 Å². The Morgan fingerprint density at radius 3 is 2.14 bits per heavy atom. The average molecular weight is 411 g/mol. The molecule has 9 nitrogen and oxygen atoms in total. The Morgan fingerprint density at radius 2 is 1.64 bits per heavy atom. The number of amides is 4. The highest BCUT2D eigenvalue weighted by atomic mass is 19.4. The van der Waals surface area contributed by atoms with Crippen LogP contribution in [0.2, 0.25) is 0 Å². The molecule has 1 fully saturated rings. The van der Waals surface area contributed by atoms with Crippen LogP contribution in [-0.2, 0) is 19.1 Å². The first kappa shape index (κ1) is 23.5. The zero-order chi connectivity index (χ0) is 21.5. The number of rotatable bonds is 4. The second-order valence-corrected chi connectivity index (χ2v) is 7.20. The van der Waals surface area contributed by atoms with E-state index in [2.05, 4.69) is 0 Å². The van der Waals surface area contributed by atoms with Crippen LogP contribution in [0, 0.1) is 5.92 Å². The van der Waals surface area contributed by atoms with Crippen molar-refractivity contribution in [3.63, 3.8) is 0 Å². The standard InChI is InChI=1S/C16H24F3N3O6/c1-15(2,3)28-14(26)22-6-4-10(5-7-22)12(24)27-8-11(23)21-13(25)20-9-16(17,18)19/h10H,4-9H2,1-3H3,(H2,20,21,23,25). The van der Waals surface area contributed by atoms with Gasteiger partial charge in [0, 0.05) is 13.1 Å². The molecule has 0 spiro atoms. The van der Waals surface area contributed by atoms with Crippen molar-refractivity contribution in [2.45, 2.75) is 45.4 Å². The van der Waals surface area contributed by atoms with E-state index in [0.29, 0.717) is 12.8 Å². The van der Waals surface area contributed by atoms with E-state index in [0.717, 1.165) is 0 Å². The number of ether oxygens (including phenoxy) is 2.